The van der Waals surface area contributed by atoms with E-state index in [4.69, 9.17) is 9.84 Å². The normalized spacial score (nSPS) is 11.6. The minimum atomic E-state index is -0.883. The second-order valence-corrected chi connectivity index (χ2v) is 6.38. The van der Waals surface area contributed by atoms with E-state index in [0.29, 0.717) is 16.9 Å². The molecule has 1 aromatic heterocycles. The Morgan fingerprint density at radius 1 is 1.14 bits per heavy atom. The van der Waals surface area contributed by atoms with Crippen molar-refractivity contribution in [1.82, 2.24) is 9.78 Å². The van der Waals surface area contributed by atoms with Crippen LogP contribution in [0.25, 0.3) is 11.1 Å². The zero-order chi connectivity index (χ0) is 20.1. The molecule has 0 radical (unpaired) electrons. The highest BCUT2D eigenvalue weighted by atomic mass is 16.6. The lowest BCUT2D eigenvalue weighted by Gasteiger charge is -2.15. The smallest absolute Gasteiger partial charge is 0.413 e. The van der Waals surface area contributed by atoms with Crippen molar-refractivity contribution in [2.75, 3.05) is 5.32 Å². The van der Waals surface area contributed by atoms with Crippen LogP contribution in [0.1, 0.15) is 24.2 Å². The molecule has 2 N–H and O–H groups in total. The van der Waals surface area contributed by atoms with E-state index in [1.54, 1.807) is 49.1 Å². The number of hydrogen-bond acceptors (Lipinski definition) is 4. The summed E-state index contributed by atoms with van der Waals surface area (Å²) in [6.07, 6.45) is 0.627. The summed E-state index contributed by atoms with van der Waals surface area (Å²) in [4.78, 5) is 23.2. The van der Waals surface area contributed by atoms with Gasteiger partial charge < -0.3 is 9.84 Å². The molecule has 0 saturated heterocycles. The average Bonchev–Trinajstić information content (AvgIpc) is 3.03. The summed E-state index contributed by atoms with van der Waals surface area (Å²) in [5, 5.41) is 15.8. The van der Waals surface area contributed by atoms with Crippen LogP contribution < -0.4 is 5.32 Å². The van der Waals surface area contributed by atoms with Crippen LogP contribution in [0.5, 0.6) is 0 Å². The number of ether oxygens (including phenoxy) is 1. The lowest BCUT2D eigenvalue weighted by atomic mass is 10.0. The molecule has 28 heavy (non-hydrogen) atoms. The van der Waals surface area contributed by atoms with Gasteiger partial charge in [0.2, 0.25) is 0 Å². The lowest BCUT2D eigenvalue weighted by Crippen LogP contribution is -2.18. The van der Waals surface area contributed by atoms with E-state index < -0.39 is 18.2 Å². The molecule has 7 heteroatoms. The third kappa shape index (κ3) is 4.56. The summed E-state index contributed by atoms with van der Waals surface area (Å²) < 4.78 is 7.01. The Morgan fingerprint density at radius 2 is 1.82 bits per heavy atom. The fraction of sp³-hybridized carbons (Fsp3) is 0.190. The number of aliphatic carboxylic acids is 1. The quantitative estimate of drug-likeness (QED) is 0.675. The monoisotopic (exact) mass is 379 g/mol. The summed E-state index contributed by atoms with van der Waals surface area (Å²) in [6, 6.07) is 16.6. The Morgan fingerprint density at radius 3 is 2.46 bits per heavy atom. The van der Waals surface area contributed by atoms with Crippen molar-refractivity contribution in [3.05, 3.63) is 71.9 Å². The second-order valence-electron chi connectivity index (χ2n) is 6.38. The van der Waals surface area contributed by atoms with Crippen LogP contribution in [0.4, 0.5) is 10.6 Å². The first-order valence-corrected chi connectivity index (χ1v) is 8.79. The van der Waals surface area contributed by atoms with Gasteiger partial charge in [-0.2, -0.15) is 5.10 Å². The number of carboxylic acids is 1. The highest BCUT2D eigenvalue weighted by molar-refractivity contribution is 5.90. The van der Waals surface area contributed by atoms with Crippen LogP contribution in [0.2, 0.25) is 0 Å². The van der Waals surface area contributed by atoms with E-state index >= 15 is 0 Å². The van der Waals surface area contributed by atoms with E-state index in [0.717, 1.165) is 11.1 Å². The number of nitrogens with one attached hydrogen (secondary N) is 1. The summed E-state index contributed by atoms with van der Waals surface area (Å²) in [5.74, 6) is -0.386. The van der Waals surface area contributed by atoms with Crippen molar-refractivity contribution >= 4 is 17.9 Å². The predicted molar refractivity (Wildman–Crippen MR) is 105 cm³/mol. The molecule has 0 aliphatic rings. The minimum Gasteiger partial charge on any atom is -0.481 e. The SMILES string of the molecule is C[C@@H](OC(=O)Nc1c(-c2ccc(CC(=O)O)cc2)cnn1C)c1ccccc1. The van der Waals surface area contributed by atoms with E-state index in [2.05, 4.69) is 10.4 Å². The van der Waals surface area contributed by atoms with Crippen molar-refractivity contribution in [1.29, 1.82) is 0 Å². The van der Waals surface area contributed by atoms with Gasteiger partial charge in [0.05, 0.1) is 12.6 Å². The van der Waals surface area contributed by atoms with E-state index in [-0.39, 0.29) is 6.42 Å². The van der Waals surface area contributed by atoms with Crippen molar-refractivity contribution in [2.45, 2.75) is 19.4 Å². The molecule has 3 aromatic rings. The van der Waals surface area contributed by atoms with Crippen molar-refractivity contribution in [3.8, 4) is 11.1 Å². The molecular weight excluding hydrogens is 358 g/mol. The predicted octanol–water partition coefficient (Wildman–Crippen LogP) is 4.02. The molecule has 1 heterocycles. The second kappa shape index (κ2) is 8.39. The Kier molecular flexibility index (Phi) is 5.74. The third-order valence-electron chi connectivity index (χ3n) is 4.33. The van der Waals surface area contributed by atoms with Gasteiger partial charge in [-0.15, -0.1) is 0 Å². The number of aryl methyl sites for hydroxylation is 1. The van der Waals surface area contributed by atoms with Gasteiger partial charge in [0.25, 0.3) is 0 Å². The van der Waals surface area contributed by atoms with Crippen molar-refractivity contribution in [3.63, 3.8) is 0 Å². The number of benzene rings is 2. The zero-order valence-electron chi connectivity index (χ0n) is 15.6. The van der Waals surface area contributed by atoms with Crippen LogP contribution in [-0.2, 0) is 23.0 Å². The highest BCUT2D eigenvalue weighted by Crippen LogP contribution is 2.28. The largest absolute Gasteiger partial charge is 0.481 e. The maximum atomic E-state index is 12.4. The van der Waals surface area contributed by atoms with Crippen LogP contribution in [0.15, 0.2) is 60.8 Å². The number of nitrogens with zero attached hydrogens (tertiary/aromatic N) is 2. The van der Waals surface area contributed by atoms with Gasteiger partial charge in [-0.3, -0.25) is 14.8 Å². The molecule has 1 atom stereocenters. The van der Waals surface area contributed by atoms with Gasteiger partial charge in [0.15, 0.2) is 0 Å². The fourth-order valence-corrected chi connectivity index (χ4v) is 2.85. The maximum absolute atomic E-state index is 12.4. The van der Waals surface area contributed by atoms with Gasteiger partial charge in [-0.25, -0.2) is 4.79 Å². The number of amides is 1. The first kappa shape index (κ1) is 19.2. The molecule has 7 nitrogen and oxygen atoms in total. The van der Waals surface area contributed by atoms with Gasteiger partial charge in [-0.1, -0.05) is 54.6 Å². The van der Waals surface area contributed by atoms with E-state index in [9.17, 15) is 9.59 Å². The summed E-state index contributed by atoms with van der Waals surface area (Å²) in [5.41, 5.74) is 3.13. The average molecular weight is 379 g/mol. The number of anilines is 1. The molecule has 0 aliphatic heterocycles. The van der Waals surface area contributed by atoms with E-state index in [1.807, 2.05) is 30.3 Å². The molecule has 144 valence electrons. The molecule has 3 rings (SSSR count). The summed E-state index contributed by atoms with van der Waals surface area (Å²) >= 11 is 0. The molecule has 0 bridgehead atoms. The Hall–Kier alpha value is -3.61. The minimum absolute atomic E-state index is 0.0396. The summed E-state index contributed by atoms with van der Waals surface area (Å²) in [7, 11) is 1.72. The Balaban J connectivity index is 1.74. The van der Waals surface area contributed by atoms with Crippen molar-refractivity contribution < 1.29 is 19.4 Å². The van der Waals surface area contributed by atoms with Gasteiger partial charge in [0, 0.05) is 12.6 Å². The molecule has 2 aromatic carbocycles. The third-order valence-corrected chi connectivity index (χ3v) is 4.33. The number of carboxylic acid groups (broad SMARTS) is 1. The molecular formula is C21H21N3O4. The number of carbonyl (C=O) groups is 2. The summed E-state index contributed by atoms with van der Waals surface area (Å²) in [6.45, 7) is 1.81. The molecule has 0 saturated carbocycles. The highest BCUT2D eigenvalue weighted by Gasteiger charge is 2.17. The number of aromatic nitrogens is 2. The molecule has 0 fully saturated rings. The standard InChI is InChI=1S/C21H21N3O4/c1-14(16-6-4-3-5-7-16)28-21(27)23-20-18(13-22-24(20)2)17-10-8-15(9-11-17)12-19(25)26/h3-11,13-14H,12H2,1-2H3,(H,23,27)(H,25,26)/t14-/m1/s1. The molecule has 0 spiro atoms. The maximum Gasteiger partial charge on any atom is 0.413 e. The molecule has 1 amide bonds. The lowest BCUT2D eigenvalue weighted by molar-refractivity contribution is -0.136. The van der Waals surface area contributed by atoms with Gasteiger partial charge in [0.1, 0.15) is 11.9 Å². The molecule has 0 aliphatic carbocycles. The van der Waals surface area contributed by atoms with Gasteiger partial charge in [-0.05, 0) is 23.6 Å². The van der Waals surface area contributed by atoms with Crippen LogP contribution >= 0.6 is 0 Å². The Bertz CT molecular complexity index is 965. The Labute approximate surface area is 162 Å². The van der Waals surface area contributed by atoms with Crippen LogP contribution in [0, 0.1) is 0 Å². The topological polar surface area (TPSA) is 93.4 Å². The van der Waals surface area contributed by atoms with Crippen molar-refractivity contribution in [2.24, 2.45) is 7.05 Å². The zero-order valence-corrected chi connectivity index (χ0v) is 15.6. The first-order chi connectivity index (χ1) is 13.4. The van der Waals surface area contributed by atoms with Crippen LogP contribution in [-0.4, -0.2) is 26.9 Å². The molecule has 0 unspecified atom stereocenters. The fourth-order valence-electron chi connectivity index (χ4n) is 2.85. The number of hydrogen-bond donors (Lipinski definition) is 2. The number of rotatable bonds is 6. The van der Waals surface area contributed by atoms with E-state index in [1.165, 1.54) is 0 Å². The van der Waals surface area contributed by atoms with Crippen LogP contribution in [0.3, 0.4) is 0 Å². The van der Waals surface area contributed by atoms with Gasteiger partial charge >= 0.3 is 12.1 Å². The first-order valence-electron chi connectivity index (χ1n) is 8.79. The number of carbonyl (C=O) groups excluding carboxylic acids is 1.